The molecular weight excluding hydrogens is 206 g/mol. The van der Waals surface area contributed by atoms with Crippen molar-refractivity contribution in [1.29, 1.82) is 0 Å². The molecule has 3 atom stereocenters. The third-order valence-corrected chi connectivity index (χ3v) is 4.70. The van der Waals surface area contributed by atoms with Gasteiger partial charge in [0, 0.05) is 0 Å². The van der Waals surface area contributed by atoms with Crippen LogP contribution >= 0.6 is 0 Å². The Hall–Kier alpha value is -0.300. The van der Waals surface area contributed by atoms with E-state index in [1.165, 1.54) is 64.2 Å². The molecule has 3 unspecified atom stereocenters. The molecule has 2 bridgehead atoms. The highest BCUT2D eigenvalue weighted by atomic mass is 14.5. The summed E-state index contributed by atoms with van der Waals surface area (Å²) < 4.78 is 0. The third kappa shape index (κ3) is 4.13. The van der Waals surface area contributed by atoms with Gasteiger partial charge in [0.25, 0.3) is 0 Å². The number of nitrogens with two attached hydrogens (primary N) is 1. The van der Waals surface area contributed by atoms with Gasteiger partial charge in [-0.3, -0.25) is 0 Å². The molecule has 1 nitrogen and oxygen atoms in total. The molecule has 2 aliphatic carbocycles. The van der Waals surface area contributed by atoms with Gasteiger partial charge in [-0.1, -0.05) is 50.7 Å². The van der Waals surface area contributed by atoms with Crippen LogP contribution in [0, 0.1) is 17.8 Å². The van der Waals surface area contributed by atoms with E-state index in [9.17, 15) is 0 Å². The van der Waals surface area contributed by atoms with Crippen LogP contribution < -0.4 is 5.73 Å². The summed E-state index contributed by atoms with van der Waals surface area (Å²) in [5, 5.41) is 0. The van der Waals surface area contributed by atoms with Crippen LogP contribution in [-0.2, 0) is 0 Å². The first-order valence-corrected chi connectivity index (χ1v) is 7.78. The predicted octanol–water partition coefficient (Wildman–Crippen LogP) is 4.28. The average molecular weight is 235 g/mol. The largest absolute Gasteiger partial charge is 0.330 e. The number of hydrogen-bond acceptors (Lipinski definition) is 1. The van der Waals surface area contributed by atoms with Crippen LogP contribution in [0.1, 0.15) is 64.2 Å². The minimum absolute atomic E-state index is 0.873. The Labute approximate surface area is 107 Å². The standard InChI is InChI=1S/C16H29N/c17-11-7-5-3-1-2-4-6-8-15-12-14-9-10-16(15)13-14/h9-10,14-16H,1-8,11-13,17H2. The maximum Gasteiger partial charge on any atom is -0.00773 e. The van der Waals surface area contributed by atoms with Crippen molar-refractivity contribution in [2.24, 2.45) is 23.5 Å². The Kier molecular flexibility index (Phi) is 5.57. The normalized spacial score (nSPS) is 30.3. The Morgan fingerprint density at radius 2 is 1.53 bits per heavy atom. The Morgan fingerprint density at radius 1 is 0.824 bits per heavy atom. The summed E-state index contributed by atoms with van der Waals surface area (Å²) in [7, 11) is 0. The highest BCUT2D eigenvalue weighted by Crippen LogP contribution is 2.45. The van der Waals surface area contributed by atoms with E-state index < -0.39 is 0 Å². The summed E-state index contributed by atoms with van der Waals surface area (Å²) in [6.45, 7) is 0.873. The molecule has 0 aromatic carbocycles. The SMILES string of the molecule is NCCCCCCCCCC1CC2C=CC1C2. The van der Waals surface area contributed by atoms with Crippen molar-refractivity contribution in [1.82, 2.24) is 0 Å². The average Bonchev–Trinajstić information content (AvgIpc) is 2.94. The number of fused-ring (bicyclic) bond motifs is 2. The number of unbranched alkanes of at least 4 members (excludes halogenated alkanes) is 6. The molecule has 1 heteroatoms. The first-order valence-electron chi connectivity index (χ1n) is 7.78. The van der Waals surface area contributed by atoms with Gasteiger partial charge in [0.05, 0.1) is 0 Å². The molecule has 0 aromatic rings. The van der Waals surface area contributed by atoms with Gasteiger partial charge in [-0.2, -0.15) is 0 Å². The zero-order chi connectivity index (χ0) is 11.9. The lowest BCUT2D eigenvalue weighted by Crippen LogP contribution is -2.06. The fourth-order valence-corrected chi connectivity index (χ4v) is 3.66. The molecule has 0 spiro atoms. The van der Waals surface area contributed by atoms with E-state index in [1.807, 2.05) is 0 Å². The van der Waals surface area contributed by atoms with Crippen LogP contribution in [0.3, 0.4) is 0 Å². The zero-order valence-corrected chi connectivity index (χ0v) is 11.2. The fraction of sp³-hybridized carbons (Fsp3) is 0.875. The minimum Gasteiger partial charge on any atom is -0.330 e. The molecule has 0 saturated heterocycles. The molecule has 2 N–H and O–H groups in total. The van der Waals surface area contributed by atoms with Gasteiger partial charge >= 0.3 is 0 Å². The molecule has 98 valence electrons. The highest BCUT2D eigenvalue weighted by Gasteiger charge is 2.34. The van der Waals surface area contributed by atoms with Gasteiger partial charge in [-0.25, -0.2) is 0 Å². The van der Waals surface area contributed by atoms with Crippen LogP contribution in [0.15, 0.2) is 12.2 Å². The van der Waals surface area contributed by atoms with Gasteiger partial charge in [0.15, 0.2) is 0 Å². The summed E-state index contributed by atoms with van der Waals surface area (Å²) in [5.74, 6) is 2.97. The molecule has 2 rings (SSSR count). The quantitative estimate of drug-likeness (QED) is 0.468. The van der Waals surface area contributed by atoms with Crippen molar-refractivity contribution < 1.29 is 0 Å². The number of allylic oxidation sites excluding steroid dienone is 2. The molecule has 0 heterocycles. The third-order valence-electron chi connectivity index (χ3n) is 4.70. The van der Waals surface area contributed by atoms with Gasteiger partial charge < -0.3 is 5.73 Å². The number of rotatable bonds is 9. The molecule has 0 amide bonds. The van der Waals surface area contributed by atoms with Gasteiger partial charge in [0.1, 0.15) is 0 Å². The van der Waals surface area contributed by atoms with Crippen LogP contribution in [0.4, 0.5) is 0 Å². The van der Waals surface area contributed by atoms with Crippen LogP contribution in [-0.4, -0.2) is 6.54 Å². The van der Waals surface area contributed by atoms with E-state index in [1.54, 1.807) is 0 Å². The lowest BCUT2D eigenvalue weighted by Gasteiger charge is -2.17. The summed E-state index contributed by atoms with van der Waals surface area (Å²) in [5.41, 5.74) is 5.48. The molecule has 1 saturated carbocycles. The second-order valence-electron chi connectivity index (χ2n) is 6.09. The van der Waals surface area contributed by atoms with E-state index in [0.29, 0.717) is 0 Å². The number of hydrogen-bond donors (Lipinski definition) is 1. The van der Waals surface area contributed by atoms with Crippen LogP contribution in [0.2, 0.25) is 0 Å². The monoisotopic (exact) mass is 235 g/mol. The Balaban J connectivity index is 1.41. The van der Waals surface area contributed by atoms with Crippen molar-refractivity contribution in [2.45, 2.75) is 64.2 Å². The molecular formula is C16H29N. The summed E-state index contributed by atoms with van der Waals surface area (Å²) in [4.78, 5) is 0. The lowest BCUT2D eigenvalue weighted by molar-refractivity contribution is 0.393. The predicted molar refractivity (Wildman–Crippen MR) is 74.8 cm³/mol. The van der Waals surface area contributed by atoms with E-state index in [0.717, 1.165) is 24.3 Å². The lowest BCUT2D eigenvalue weighted by atomic mass is 9.88. The van der Waals surface area contributed by atoms with E-state index in [4.69, 9.17) is 5.73 Å². The van der Waals surface area contributed by atoms with E-state index in [2.05, 4.69) is 12.2 Å². The molecule has 1 fully saturated rings. The van der Waals surface area contributed by atoms with Crippen molar-refractivity contribution in [3.63, 3.8) is 0 Å². The summed E-state index contributed by atoms with van der Waals surface area (Å²) >= 11 is 0. The summed E-state index contributed by atoms with van der Waals surface area (Å²) in [6, 6.07) is 0. The molecule has 17 heavy (non-hydrogen) atoms. The molecule has 0 radical (unpaired) electrons. The summed E-state index contributed by atoms with van der Waals surface area (Å²) in [6.07, 6.45) is 19.2. The van der Waals surface area contributed by atoms with E-state index in [-0.39, 0.29) is 0 Å². The van der Waals surface area contributed by atoms with Gasteiger partial charge in [-0.05, 0) is 50.0 Å². The smallest absolute Gasteiger partial charge is 0.00773 e. The zero-order valence-electron chi connectivity index (χ0n) is 11.2. The van der Waals surface area contributed by atoms with Crippen molar-refractivity contribution >= 4 is 0 Å². The second-order valence-corrected chi connectivity index (χ2v) is 6.09. The van der Waals surface area contributed by atoms with Crippen molar-refractivity contribution in [3.05, 3.63) is 12.2 Å². The van der Waals surface area contributed by atoms with Crippen molar-refractivity contribution in [3.8, 4) is 0 Å². The topological polar surface area (TPSA) is 26.0 Å². The first kappa shape index (κ1) is 13.1. The molecule has 0 aliphatic heterocycles. The maximum atomic E-state index is 5.48. The minimum atomic E-state index is 0.873. The maximum absolute atomic E-state index is 5.48. The van der Waals surface area contributed by atoms with Gasteiger partial charge in [-0.15, -0.1) is 0 Å². The van der Waals surface area contributed by atoms with Gasteiger partial charge in [0.2, 0.25) is 0 Å². The molecule has 2 aliphatic rings. The fourth-order valence-electron chi connectivity index (χ4n) is 3.66. The first-order chi connectivity index (χ1) is 8.40. The van der Waals surface area contributed by atoms with E-state index >= 15 is 0 Å². The van der Waals surface area contributed by atoms with Crippen LogP contribution in [0.5, 0.6) is 0 Å². The van der Waals surface area contributed by atoms with Crippen molar-refractivity contribution in [2.75, 3.05) is 6.54 Å². The van der Waals surface area contributed by atoms with Crippen LogP contribution in [0.25, 0.3) is 0 Å². The second kappa shape index (κ2) is 7.20. The molecule has 0 aromatic heterocycles. The Morgan fingerprint density at radius 3 is 2.12 bits per heavy atom. The highest BCUT2D eigenvalue weighted by molar-refractivity contribution is 5.09. The Bertz CT molecular complexity index is 234.